The quantitative estimate of drug-likeness (QED) is 0.0741. The summed E-state index contributed by atoms with van der Waals surface area (Å²) in [6.07, 6.45) is 0.471. The molecule has 0 aromatic heterocycles. The first-order valence-corrected chi connectivity index (χ1v) is 25.6. The van der Waals surface area contributed by atoms with Crippen molar-refractivity contribution in [2.24, 2.45) is 0 Å². The van der Waals surface area contributed by atoms with E-state index in [0.717, 1.165) is 38.3 Å². The number of ether oxygens (including phenoxy) is 2. The Hall–Kier alpha value is -4.46. The molecular weight excluding hydrogens is 1020 g/mol. The second-order valence-corrected chi connectivity index (χ2v) is 22.5. The van der Waals surface area contributed by atoms with Crippen LogP contribution in [-0.2, 0) is 37.0 Å². The number of alkyl halides is 2. The van der Waals surface area contributed by atoms with Crippen molar-refractivity contribution in [2.75, 3.05) is 42.7 Å². The van der Waals surface area contributed by atoms with Gasteiger partial charge in [-0.15, -0.1) is 23.2 Å². The normalized spacial score (nSPS) is 17.7. The molecular formula is C48H49Cl6N5O8S. The number of rotatable bonds is 17. The zero-order valence-electron chi connectivity index (χ0n) is 38.5. The van der Waals surface area contributed by atoms with Crippen LogP contribution in [0.5, 0.6) is 11.5 Å². The molecule has 0 saturated carbocycles. The van der Waals surface area contributed by atoms with Crippen LogP contribution in [0.4, 0.5) is 15.3 Å². The Bertz CT molecular complexity index is 2810. The van der Waals surface area contributed by atoms with E-state index in [4.69, 9.17) is 79.1 Å². The number of carbonyl (C=O) groups is 4. The molecule has 0 spiro atoms. The van der Waals surface area contributed by atoms with Gasteiger partial charge in [-0.25, -0.2) is 27.2 Å². The summed E-state index contributed by atoms with van der Waals surface area (Å²) in [5.74, 6) is -0.331. The molecule has 0 bridgehead atoms. The lowest BCUT2D eigenvalue weighted by molar-refractivity contribution is -0.132. The van der Waals surface area contributed by atoms with Crippen molar-refractivity contribution in [3.05, 3.63) is 120 Å². The average molecular weight is 1070 g/mol. The van der Waals surface area contributed by atoms with E-state index in [9.17, 15) is 32.9 Å². The molecule has 2 heterocycles. The van der Waals surface area contributed by atoms with Crippen molar-refractivity contribution in [3.8, 4) is 17.6 Å². The summed E-state index contributed by atoms with van der Waals surface area (Å²) < 4.78 is 38.5. The number of anilines is 1. The molecule has 2 saturated heterocycles. The van der Waals surface area contributed by atoms with Gasteiger partial charge in [0.15, 0.2) is 11.5 Å². The molecule has 6 rings (SSSR count). The summed E-state index contributed by atoms with van der Waals surface area (Å²) in [7, 11) is -4.37. The molecule has 4 aromatic rings. The number of amides is 6. The lowest BCUT2D eigenvalue weighted by Gasteiger charge is -2.34. The Morgan fingerprint density at radius 2 is 1.15 bits per heavy atom. The van der Waals surface area contributed by atoms with E-state index in [0.29, 0.717) is 21.4 Å². The van der Waals surface area contributed by atoms with Gasteiger partial charge in [-0.1, -0.05) is 98.4 Å². The van der Waals surface area contributed by atoms with Crippen LogP contribution in [0, 0.1) is 11.3 Å². The second kappa shape index (κ2) is 19.7. The van der Waals surface area contributed by atoms with Crippen LogP contribution < -0.4 is 14.4 Å². The Kier molecular flexibility index (Phi) is 15.4. The summed E-state index contributed by atoms with van der Waals surface area (Å²) in [6, 6.07) is 18.9. The molecule has 13 nitrogen and oxygen atoms in total. The van der Waals surface area contributed by atoms with Crippen LogP contribution in [0.15, 0.2) is 66.7 Å². The van der Waals surface area contributed by atoms with Gasteiger partial charge in [0.1, 0.15) is 24.3 Å². The van der Waals surface area contributed by atoms with E-state index in [1.54, 1.807) is 54.6 Å². The third-order valence-electron chi connectivity index (χ3n) is 12.8. The maximum Gasteiger partial charge on any atom is 0.346 e. The van der Waals surface area contributed by atoms with Crippen LogP contribution in [0.25, 0.3) is 0 Å². The van der Waals surface area contributed by atoms with Gasteiger partial charge in [0.25, 0.3) is 11.8 Å². The van der Waals surface area contributed by atoms with Crippen LogP contribution >= 0.6 is 69.6 Å². The fourth-order valence-electron chi connectivity index (χ4n) is 8.56. The first-order valence-electron chi connectivity index (χ1n) is 21.2. The van der Waals surface area contributed by atoms with Crippen LogP contribution in [0.2, 0.25) is 20.1 Å². The van der Waals surface area contributed by atoms with Crippen molar-refractivity contribution >= 4 is 109 Å². The highest BCUT2D eigenvalue weighted by atomic mass is 35.5. The summed E-state index contributed by atoms with van der Waals surface area (Å²) in [5, 5.41) is 11.5. The maximum atomic E-state index is 14.5. The zero-order valence-corrected chi connectivity index (χ0v) is 43.8. The minimum atomic E-state index is -4.37. The number of hydrogen-bond donors (Lipinski definition) is 0. The van der Waals surface area contributed by atoms with E-state index < -0.39 is 55.8 Å². The fourth-order valence-corrected chi connectivity index (χ4v) is 11.2. The summed E-state index contributed by atoms with van der Waals surface area (Å²) in [4.78, 5) is 59.8. The van der Waals surface area contributed by atoms with Gasteiger partial charge in [-0.2, -0.15) is 5.26 Å². The topological polar surface area (TPSA) is 158 Å². The summed E-state index contributed by atoms with van der Waals surface area (Å²) in [6.45, 7) is 12.0. The highest BCUT2D eigenvalue weighted by Gasteiger charge is 2.60. The first kappa shape index (κ1) is 52.9. The van der Waals surface area contributed by atoms with Crippen molar-refractivity contribution < 1.29 is 37.1 Å². The number of benzene rings is 4. The van der Waals surface area contributed by atoms with E-state index in [1.165, 1.54) is 37.8 Å². The zero-order chi connectivity index (χ0) is 50.5. The Balaban J connectivity index is 1.22. The number of hydrogen-bond acceptors (Lipinski definition) is 9. The Morgan fingerprint density at radius 1 is 0.676 bits per heavy atom. The SMILES string of the molecule is CC(C)(c1ccc(N2C(=O)N(S(C)(=O)=O)C(C)(CCN3C(=O)N(Cc4ccc(C(C)(C)c5cc(Cl)c(OCCCl)c(Cl)c5)cc4C#N)C(=O)C3(C)C)C2=O)cc1)c1cc(Cl)c(OCCCl)c(Cl)c1. The molecule has 362 valence electrons. The number of sulfonamides is 1. The van der Waals surface area contributed by atoms with E-state index in [-0.39, 0.29) is 75.8 Å². The van der Waals surface area contributed by atoms with E-state index >= 15 is 0 Å². The smallest absolute Gasteiger partial charge is 0.346 e. The predicted molar refractivity (Wildman–Crippen MR) is 267 cm³/mol. The van der Waals surface area contributed by atoms with E-state index in [1.807, 2.05) is 27.7 Å². The molecule has 2 aliphatic rings. The van der Waals surface area contributed by atoms with Crippen molar-refractivity contribution in [2.45, 2.75) is 83.3 Å². The molecule has 1 atom stereocenters. The number of nitriles is 1. The number of nitrogens with zero attached hydrogens (tertiary/aromatic N) is 5. The molecule has 1 unspecified atom stereocenters. The third kappa shape index (κ3) is 9.69. The standard InChI is InChI=1S/C48H49Cl6N5O8S/c1-45(2,32-22-35(51)39(36(52)23-32)66-19-16-49)30-11-13-34(14-12-30)58-42(61)48(7,59(44(58)63)68(8,64)65)15-18-57-43(62)56(41(60)47(57,5)6)27-28-9-10-31(21-29(28)26-55)46(3,4)33-24-37(53)40(38(54)25-33)67-20-17-50/h9-14,21-25H,15-20,27H2,1-8H3. The van der Waals surface area contributed by atoms with Crippen molar-refractivity contribution in [3.63, 3.8) is 0 Å². The fraction of sp³-hybridized carbons (Fsp3) is 0.396. The Labute approximate surface area is 426 Å². The second-order valence-electron chi connectivity index (χ2n) is 18.3. The minimum Gasteiger partial charge on any atom is -0.489 e. The summed E-state index contributed by atoms with van der Waals surface area (Å²) >= 11 is 37.7. The van der Waals surface area contributed by atoms with Gasteiger partial charge in [-0.05, 0) is 97.5 Å². The van der Waals surface area contributed by atoms with Gasteiger partial charge in [-0.3, -0.25) is 14.5 Å². The van der Waals surface area contributed by atoms with Crippen LogP contribution in [0.1, 0.15) is 88.3 Å². The molecule has 6 amide bonds. The third-order valence-corrected chi connectivity index (χ3v) is 15.4. The number of carbonyl (C=O) groups excluding carboxylic acids is 4. The molecule has 2 fully saturated rings. The molecule has 0 N–H and O–H groups in total. The molecule has 4 aromatic carbocycles. The van der Waals surface area contributed by atoms with Gasteiger partial charge < -0.3 is 14.4 Å². The number of halogens is 6. The van der Waals surface area contributed by atoms with Gasteiger partial charge in [0.2, 0.25) is 10.0 Å². The van der Waals surface area contributed by atoms with E-state index in [2.05, 4.69) is 6.07 Å². The van der Waals surface area contributed by atoms with Crippen molar-refractivity contribution in [1.82, 2.24) is 14.1 Å². The molecule has 20 heteroatoms. The van der Waals surface area contributed by atoms with Gasteiger partial charge in [0, 0.05) is 17.4 Å². The Morgan fingerprint density at radius 3 is 1.60 bits per heavy atom. The van der Waals surface area contributed by atoms with Crippen LogP contribution in [-0.4, -0.2) is 95.3 Å². The number of urea groups is 2. The maximum absolute atomic E-state index is 14.5. The average Bonchev–Trinajstić information content (AvgIpc) is 3.56. The minimum absolute atomic E-state index is 0.109. The first-order chi connectivity index (χ1) is 31.7. The lowest BCUT2D eigenvalue weighted by Crippen LogP contribution is -2.53. The lowest BCUT2D eigenvalue weighted by atomic mass is 9.77. The molecule has 0 aliphatic carbocycles. The van der Waals surface area contributed by atoms with Gasteiger partial charge >= 0.3 is 12.1 Å². The van der Waals surface area contributed by atoms with Gasteiger partial charge in [0.05, 0.1) is 62.0 Å². The highest BCUT2D eigenvalue weighted by Crippen LogP contribution is 2.44. The largest absolute Gasteiger partial charge is 0.489 e. The molecule has 0 radical (unpaired) electrons. The number of imide groups is 2. The molecule has 68 heavy (non-hydrogen) atoms. The summed E-state index contributed by atoms with van der Waals surface area (Å²) in [5.41, 5.74) is -1.21. The molecule has 2 aliphatic heterocycles. The predicted octanol–water partition coefficient (Wildman–Crippen LogP) is 11.2. The highest BCUT2D eigenvalue weighted by molar-refractivity contribution is 7.89. The monoisotopic (exact) mass is 1070 g/mol. The van der Waals surface area contributed by atoms with Crippen molar-refractivity contribution in [1.29, 1.82) is 5.26 Å². The van der Waals surface area contributed by atoms with Crippen LogP contribution in [0.3, 0.4) is 0 Å².